The molecule has 0 saturated heterocycles. The van der Waals surface area contributed by atoms with Gasteiger partial charge in [-0.2, -0.15) is 13.2 Å². The Balaban J connectivity index is 2.43. The first-order valence-electron chi connectivity index (χ1n) is 6.00. The van der Waals surface area contributed by atoms with Gasteiger partial charge in [-0.3, -0.25) is 0 Å². The van der Waals surface area contributed by atoms with Gasteiger partial charge in [-0.25, -0.2) is 0 Å². The van der Waals surface area contributed by atoms with Crippen LogP contribution >= 0.6 is 0 Å². The summed E-state index contributed by atoms with van der Waals surface area (Å²) >= 11 is 0. The summed E-state index contributed by atoms with van der Waals surface area (Å²) in [4.78, 5) is 0. The molecule has 1 unspecified atom stereocenters. The standard InChI is InChI=1S/C15H14F3NO/c1-9-5-6-13(19)12(7-9)14(20)10-3-2-4-11(8-10)15(16,17)18/h2-8,14,20H,19H2,1H3. The summed E-state index contributed by atoms with van der Waals surface area (Å²) in [6.45, 7) is 1.82. The first-order valence-corrected chi connectivity index (χ1v) is 6.00. The van der Waals surface area contributed by atoms with E-state index in [1.54, 1.807) is 18.2 Å². The van der Waals surface area contributed by atoms with Gasteiger partial charge in [-0.05, 0) is 30.7 Å². The fourth-order valence-electron chi connectivity index (χ4n) is 2.00. The maximum absolute atomic E-state index is 12.7. The molecule has 0 saturated carbocycles. The zero-order valence-corrected chi connectivity index (χ0v) is 10.8. The number of nitrogens with two attached hydrogens (primary N) is 1. The lowest BCUT2D eigenvalue weighted by atomic mass is 9.97. The summed E-state index contributed by atoms with van der Waals surface area (Å²) in [5, 5.41) is 10.2. The minimum Gasteiger partial charge on any atom is -0.398 e. The van der Waals surface area contributed by atoms with Crippen LogP contribution in [-0.2, 0) is 6.18 Å². The third-order valence-corrected chi connectivity index (χ3v) is 3.07. The first-order chi connectivity index (χ1) is 9.29. The van der Waals surface area contributed by atoms with Gasteiger partial charge in [0.1, 0.15) is 6.10 Å². The Kier molecular flexibility index (Phi) is 3.72. The van der Waals surface area contributed by atoms with Crippen LogP contribution in [0.4, 0.5) is 18.9 Å². The van der Waals surface area contributed by atoms with Crippen molar-refractivity contribution in [3.63, 3.8) is 0 Å². The van der Waals surface area contributed by atoms with E-state index in [2.05, 4.69) is 0 Å². The highest BCUT2D eigenvalue weighted by atomic mass is 19.4. The van der Waals surface area contributed by atoms with Crippen molar-refractivity contribution in [1.82, 2.24) is 0 Å². The molecule has 0 aromatic heterocycles. The van der Waals surface area contributed by atoms with Crippen molar-refractivity contribution in [3.8, 4) is 0 Å². The lowest BCUT2D eigenvalue weighted by Gasteiger charge is -2.16. The van der Waals surface area contributed by atoms with Crippen LogP contribution in [0.3, 0.4) is 0 Å². The van der Waals surface area contributed by atoms with Crippen molar-refractivity contribution in [2.45, 2.75) is 19.2 Å². The fraction of sp³-hybridized carbons (Fsp3) is 0.200. The van der Waals surface area contributed by atoms with Gasteiger partial charge in [0.2, 0.25) is 0 Å². The molecule has 0 heterocycles. The van der Waals surface area contributed by atoms with E-state index in [1.807, 2.05) is 6.92 Å². The molecular weight excluding hydrogens is 267 g/mol. The van der Waals surface area contributed by atoms with Gasteiger partial charge in [-0.1, -0.05) is 29.8 Å². The summed E-state index contributed by atoms with van der Waals surface area (Å²) in [5.41, 5.74) is 6.77. The molecule has 0 fully saturated rings. The van der Waals surface area contributed by atoms with Crippen LogP contribution < -0.4 is 5.73 Å². The van der Waals surface area contributed by atoms with Crippen molar-refractivity contribution in [1.29, 1.82) is 0 Å². The number of nitrogen functional groups attached to an aromatic ring is 1. The normalized spacial score (nSPS) is 13.2. The van der Waals surface area contributed by atoms with Crippen LogP contribution in [0.25, 0.3) is 0 Å². The van der Waals surface area contributed by atoms with Gasteiger partial charge in [0.15, 0.2) is 0 Å². The lowest BCUT2D eigenvalue weighted by Crippen LogP contribution is -2.08. The molecule has 0 bridgehead atoms. The molecular formula is C15H14F3NO. The van der Waals surface area contributed by atoms with Crippen molar-refractivity contribution in [3.05, 3.63) is 64.7 Å². The largest absolute Gasteiger partial charge is 0.416 e. The Bertz CT molecular complexity index is 623. The number of alkyl halides is 3. The van der Waals surface area contributed by atoms with Crippen LogP contribution in [0.1, 0.15) is 28.4 Å². The van der Waals surface area contributed by atoms with Gasteiger partial charge >= 0.3 is 6.18 Å². The van der Waals surface area contributed by atoms with Gasteiger partial charge < -0.3 is 10.8 Å². The molecule has 0 amide bonds. The zero-order chi connectivity index (χ0) is 14.9. The number of benzene rings is 2. The van der Waals surface area contributed by atoms with Crippen molar-refractivity contribution in [2.24, 2.45) is 0 Å². The number of anilines is 1. The number of halogens is 3. The average Bonchev–Trinajstić information content (AvgIpc) is 2.40. The summed E-state index contributed by atoms with van der Waals surface area (Å²) in [5.74, 6) is 0. The van der Waals surface area contributed by atoms with Crippen molar-refractivity contribution < 1.29 is 18.3 Å². The van der Waals surface area contributed by atoms with Gasteiger partial charge in [0.05, 0.1) is 5.56 Å². The van der Waals surface area contributed by atoms with E-state index in [0.717, 1.165) is 17.7 Å². The summed E-state index contributed by atoms with van der Waals surface area (Å²) in [6.07, 6.45) is -5.62. The maximum atomic E-state index is 12.7. The predicted octanol–water partition coefficient (Wildman–Crippen LogP) is 3.68. The Morgan fingerprint density at radius 3 is 2.45 bits per heavy atom. The van der Waals surface area contributed by atoms with Gasteiger partial charge in [0.25, 0.3) is 0 Å². The Labute approximate surface area is 114 Å². The number of aryl methyl sites for hydroxylation is 1. The van der Waals surface area contributed by atoms with Crippen LogP contribution in [-0.4, -0.2) is 5.11 Å². The van der Waals surface area contributed by atoms with Crippen molar-refractivity contribution in [2.75, 3.05) is 5.73 Å². The molecule has 106 valence electrons. The molecule has 3 N–H and O–H groups in total. The third-order valence-electron chi connectivity index (χ3n) is 3.07. The number of aliphatic hydroxyl groups excluding tert-OH is 1. The second-order valence-corrected chi connectivity index (χ2v) is 4.66. The smallest absolute Gasteiger partial charge is 0.398 e. The Hall–Kier alpha value is -2.01. The predicted molar refractivity (Wildman–Crippen MR) is 71.1 cm³/mol. The highest BCUT2D eigenvalue weighted by molar-refractivity contribution is 5.52. The quantitative estimate of drug-likeness (QED) is 0.825. The van der Waals surface area contributed by atoms with E-state index >= 15 is 0 Å². The Morgan fingerprint density at radius 1 is 1.10 bits per heavy atom. The maximum Gasteiger partial charge on any atom is 0.416 e. The highest BCUT2D eigenvalue weighted by Gasteiger charge is 2.31. The van der Waals surface area contributed by atoms with Gasteiger partial charge in [0, 0.05) is 11.3 Å². The molecule has 2 rings (SSSR count). The zero-order valence-electron chi connectivity index (χ0n) is 10.8. The minimum atomic E-state index is -4.44. The molecule has 2 aromatic carbocycles. The second-order valence-electron chi connectivity index (χ2n) is 4.66. The minimum absolute atomic E-state index is 0.164. The van der Waals surface area contributed by atoms with E-state index in [1.165, 1.54) is 12.1 Å². The molecule has 20 heavy (non-hydrogen) atoms. The molecule has 2 nitrogen and oxygen atoms in total. The molecule has 0 aliphatic rings. The van der Waals surface area contributed by atoms with Gasteiger partial charge in [-0.15, -0.1) is 0 Å². The molecule has 0 aliphatic heterocycles. The van der Waals surface area contributed by atoms with E-state index in [9.17, 15) is 18.3 Å². The molecule has 0 aliphatic carbocycles. The van der Waals surface area contributed by atoms with Crippen molar-refractivity contribution >= 4 is 5.69 Å². The van der Waals surface area contributed by atoms with Crippen LogP contribution in [0, 0.1) is 6.92 Å². The van der Waals surface area contributed by atoms with E-state index in [4.69, 9.17) is 5.73 Å². The molecule has 2 aromatic rings. The number of rotatable bonds is 2. The third kappa shape index (κ3) is 2.93. The SMILES string of the molecule is Cc1ccc(N)c(C(O)c2cccc(C(F)(F)F)c2)c1. The van der Waals surface area contributed by atoms with E-state index in [0.29, 0.717) is 11.3 Å². The molecule has 0 radical (unpaired) electrons. The highest BCUT2D eigenvalue weighted by Crippen LogP contribution is 2.33. The summed E-state index contributed by atoms with van der Waals surface area (Å²) < 4.78 is 38.0. The fourth-order valence-corrected chi connectivity index (χ4v) is 2.00. The number of aliphatic hydroxyl groups is 1. The Morgan fingerprint density at radius 2 is 1.80 bits per heavy atom. The monoisotopic (exact) mass is 281 g/mol. The number of hydrogen-bond donors (Lipinski definition) is 2. The lowest BCUT2D eigenvalue weighted by molar-refractivity contribution is -0.137. The van der Waals surface area contributed by atoms with Crippen LogP contribution in [0.2, 0.25) is 0 Å². The summed E-state index contributed by atoms with van der Waals surface area (Å²) in [7, 11) is 0. The number of hydrogen-bond acceptors (Lipinski definition) is 2. The van der Waals surface area contributed by atoms with Crippen LogP contribution in [0.15, 0.2) is 42.5 Å². The van der Waals surface area contributed by atoms with Crippen LogP contribution in [0.5, 0.6) is 0 Å². The molecule has 0 spiro atoms. The molecule has 5 heteroatoms. The van der Waals surface area contributed by atoms with E-state index < -0.39 is 17.8 Å². The first kappa shape index (κ1) is 14.4. The molecule has 1 atom stereocenters. The average molecular weight is 281 g/mol. The van der Waals surface area contributed by atoms with E-state index in [-0.39, 0.29) is 5.56 Å². The topological polar surface area (TPSA) is 46.2 Å². The summed E-state index contributed by atoms with van der Waals surface area (Å²) in [6, 6.07) is 9.69. The second kappa shape index (κ2) is 5.17.